The number of piperidine rings is 1. The fourth-order valence-electron chi connectivity index (χ4n) is 12.2. The molecule has 330 valence electrons. The van der Waals surface area contributed by atoms with Gasteiger partial charge in [-0.25, -0.2) is 0 Å². The van der Waals surface area contributed by atoms with E-state index >= 15 is 4.79 Å². The predicted molar refractivity (Wildman–Crippen MR) is 229 cm³/mol. The molecular weight excluding hydrogens is 853 g/mol. The average Bonchev–Trinajstić information content (AvgIpc) is 3.90. The second-order valence-corrected chi connectivity index (χ2v) is 25.7. The maximum atomic E-state index is 15.3. The average molecular weight is 929 g/mol. The molecule has 0 aromatic heterocycles. The number of nitrogens with zero attached hydrogens (tertiary/aromatic N) is 3. The van der Waals surface area contributed by atoms with Crippen molar-refractivity contribution in [3.63, 3.8) is 0 Å². The number of hydrogen-bond acceptors (Lipinski definition) is 7. The van der Waals surface area contributed by atoms with E-state index in [1.54, 1.807) is 21.1 Å². The van der Waals surface area contributed by atoms with Gasteiger partial charge >= 0.3 is 252 Å². The molecule has 5 amide bonds. The SMILES string of the molecule is C=C[C@@H]1C[C@]1(NC(=O)[C@@H]1C[C@@]2(CN1C(=O)[C@@H](NC(=O)[C@@H](NC(=O)[C@@H]1CCCCN1C(C)C)C1CCCCC1)C(C)(C)C)C(C)(C)C21CCC1)C(=O)[NH][Sn](=[O])[N](C)CCC. The molecular formula is C45H75N7O6Sn. The standard InChI is InChI=1S/C41H66N6O5.C4H10N.O.Sn/c1-9-27-22-41(27,36(42)52)45-33(49)29-23-40(38(7,8)39(40)19-15-20-39)24-47(29)35(51)31(37(4,5)6)44-34(50)30(26-16-11-10-12-17-26)43-32(48)28-18-13-14-21-46(28)25(2)3;1-3-4-5-2;;/h9,25-31H,1,10-24H2,2-8H3,(H5,42,43,44,45,48,49,50,52);3-4H2,1-2H3;;/q;-1;;+2/p-1/t27-,28+,29+,30+,31-,40-,41-;;;/m1.../s1. The molecule has 6 aliphatic rings. The summed E-state index contributed by atoms with van der Waals surface area (Å²) in [5.74, 6) is -2.03. The number of carbonyl (C=O) groups excluding carboxylic acids is 5. The number of carbonyl (C=O) groups is 5. The maximum absolute atomic E-state index is 15.3. The van der Waals surface area contributed by atoms with Crippen molar-refractivity contribution in [2.75, 3.05) is 26.7 Å². The Bertz CT molecular complexity index is 1670. The van der Waals surface area contributed by atoms with Gasteiger partial charge in [-0.3, -0.25) is 9.69 Å². The normalized spacial score (nSPS) is 31.0. The first-order valence-corrected chi connectivity index (χ1v) is 26.8. The molecule has 2 heterocycles. The van der Waals surface area contributed by atoms with E-state index < -0.39 is 61.2 Å². The Morgan fingerprint density at radius 2 is 1.56 bits per heavy atom. The molecule has 4 aliphatic carbocycles. The van der Waals surface area contributed by atoms with Crippen molar-refractivity contribution in [1.82, 2.24) is 32.4 Å². The quantitative estimate of drug-likeness (QED) is 0.137. The molecule has 14 heteroatoms. The monoisotopic (exact) mass is 929 g/mol. The van der Waals surface area contributed by atoms with Gasteiger partial charge in [0.25, 0.3) is 0 Å². The molecule has 2 saturated heterocycles. The number of hydrogen-bond donors (Lipinski definition) is 4. The van der Waals surface area contributed by atoms with Crippen molar-refractivity contribution in [2.24, 2.45) is 33.5 Å². The van der Waals surface area contributed by atoms with Gasteiger partial charge in [-0.1, -0.05) is 25.7 Å². The minimum absolute atomic E-state index is 0.0270. The van der Waals surface area contributed by atoms with Crippen LogP contribution in [-0.4, -0.2) is 125 Å². The van der Waals surface area contributed by atoms with Gasteiger partial charge in [0.15, 0.2) is 0 Å². The van der Waals surface area contributed by atoms with E-state index in [-0.39, 0.29) is 57.9 Å². The van der Waals surface area contributed by atoms with Gasteiger partial charge in [0, 0.05) is 6.04 Å². The van der Waals surface area contributed by atoms with Crippen LogP contribution in [0, 0.1) is 33.5 Å². The van der Waals surface area contributed by atoms with Gasteiger partial charge in [-0.2, -0.15) is 0 Å². The van der Waals surface area contributed by atoms with Crippen LogP contribution in [0.2, 0.25) is 0 Å². The number of fused-ring (bicyclic) bond motifs is 1. The zero-order chi connectivity index (χ0) is 43.3. The van der Waals surface area contributed by atoms with Gasteiger partial charge in [0.1, 0.15) is 0 Å². The molecule has 0 bridgehead atoms. The van der Waals surface area contributed by atoms with Gasteiger partial charge in [-0.05, 0) is 52.0 Å². The number of likely N-dealkylation sites (tertiary alicyclic amines) is 2. The van der Waals surface area contributed by atoms with E-state index in [4.69, 9.17) is 0 Å². The molecule has 6 rings (SSSR count). The van der Waals surface area contributed by atoms with Crippen LogP contribution in [0.5, 0.6) is 0 Å². The van der Waals surface area contributed by atoms with E-state index in [1.165, 1.54) is 0 Å². The van der Waals surface area contributed by atoms with Crippen LogP contribution >= 0.6 is 0 Å². The number of rotatable bonds is 15. The van der Waals surface area contributed by atoms with Crippen LogP contribution in [0.25, 0.3) is 0 Å². The Morgan fingerprint density at radius 3 is 2.10 bits per heavy atom. The van der Waals surface area contributed by atoms with Gasteiger partial charge < -0.3 is 5.32 Å². The van der Waals surface area contributed by atoms with Crippen LogP contribution in [0.4, 0.5) is 0 Å². The second kappa shape index (κ2) is 17.4. The second-order valence-electron chi connectivity index (χ2n) is 21.1. The summed E-state index contributed by atoms with van der Waals surface area (Å²) in [4.78, 5) is 76.7. The summed E-state index contributed by atoms with van der Waals surface area (Å²) in [6, 6.07) is -2.73. The minimum atomic E-state index is -3.69. The van der Waals surface area contributed by atoms with Crippen molar-refractivity contribution in [3.05, 3.63) is 12.7 Å². The van der Waals surface area contributed by atoms with Crippen molar-refractivity contribution in [3.8, 4) is 0 Å². The molecule has 2 spiro atoms. The molecule has 0 aromatic carbocycles. The number of amides is 5. The Balaban J connectivity index is 1.27. The summed E-state index contributed by atoms with van der Waals surface area (Å²) >= 11 is -3.69. The summed E-state index contributed by atoms with van der Waals surface area (Å²) in [6.45, 7) is 22.3. The summed E-state index contributed by atoms with van der Waals surface area (Å²) in [5, 5.41) is 9.50. The first kappa shape index (κ1) is 46.1. The van der Waals surface area contributed by atoms with Crippen molar-refractivity contribution in [2.45, 2.75) is 181 Å². The van der Waals surface area contributed by atoms with Crippen molar-refractivity contribution < 1.29 is 27.0 Å². The third-order valence-electron chi connectivity index (χ3n) is 16.2. The van der Waals surface area contributed by atoms with Crippen LogP contribution < -0.4 is 19.5 Å². The van der Waals surface area contributed by atoms with Crippen LogP contribution in [0.3, 0.4) is 0 Å². The van der Waals surface area contributed by atoms with Crippen LogP contribution in [0.1, 0.15) is 145 Å². The summed E-state index contributed by atoms with van der Waals surface area (Å²) < 4.78 is 17.7. The van der Waals surface area contributed by atoms with E-state index in [0.29, 0.717) is 25.9 Å². The van der Waals surface area contributed by atoms with Crippen LogP contribution in [-0.2, 0) is 27.0 Å². The molecule has 59 heavy (non-hydrogen) atoms. The Kier molecular flexibility index (Phi) is 13.6. The van der Waals surface area contributed by atoms with Crippen molar-refractivity contribution in [1.29, 1.82) is 0 Å². The molecule has 0 aromatic rings. The third-order valence-corrected chi connectivity index (χ3v) is 20.1. The summed E-state index contributed by atoms with van der Waals surface area (Å²) in [6.07, 6.45) is 13.9. The zero-order valence-electron chi connectivity index (χ0n) is 37.6. The first-order valence-electron chi connectivity index (χ1n) is 22.9. The molecule has 0 radical (unpaired) electrons. The van der Waals surface area contributed by atoms with E-state index in [1.807, 2.05) is 27.7 Å². The fraction of sp³-hybridized carbons (Fsp3) is 0.844. The van der Waals surface area contributed by atoms with Gasteiger partial charge in [0.2, 0.25) is 5.91 Å². The zero-order valence-corrected chi connectivity index (χ0v) is 40.5. The topological polar surface area (TPSA) is 160 Å². The summed E-state index contributed by atoms with van der Waals surface area (Å²) in [7, 11) is 1.75. The molecule has 4 N–H and O–H groups in total. The van der Waals surface area contributed by atoms with Crippen LogP contribution in [0.15, 0.2) is 12.7 Å². The third kappa shape index (κ3) is 8.32. The molecule has 13 nitrogen and oxygen atoms in total. The van der Waals surface area contributed by atoms with E-state index in [0.717, 1.165) is 83.6 Å². The van der Waals surface area contributed by atoms with Gasteiger partial charge in [-0.15, -0.1) is 0 Å². The first-order chi connectivity index (χ1) is 27.7. The van der Waals surface area contributed by atoms with E-state index in [9.17, 15) is 22.3 Å². The van der Waals surface area contributed by atoms with Gasteiger partial charge in [0.05, 0.1) is 6.04 Å². The molecule has 4 saturated carbocycles. The predicted octanol–water partition coefficient (Wildman–Crippen LogP) is 4.58. The Labute approximate surface area is 361 Å². The van der Waals surface area contributed by atoms with E-state index in [2.05, 4.69) is 58.7 Å². The molecule has 0 unspecified atom stereocenters. The molecule has 7 atom stereocenters. The fourth-order valence-corrected chi connectivity index (χ4v) is 15.1. The summed E-state index contributed by atoms with van der Waals surface area (Å²) in [5.41, 5.74) is -2.37. The molecule has 6 fully saturated rings. The number of nitrogens with one attached hydrogen (secondary N) is 4. The Morgan fingerprint density at radius 1 is 0.898 bits per heavy atom. The molecule has 2 aliphatic heterocycles. The Hall–Kier alpha value is -2.39. The van der Waals surface area contributed by atoms with Crippen molar-refractivity contribution >= 4 is 49.8 Å².